The largest absolute Gasteiger partial charge is 0.435 e. The van der Waals surface area contributed by atoms with Crippen LogP contribution in [0.3, 0.4) is 0 Å². The SMILES string of the molecule is CC(C#N)(CCc1ccc(OC(F)F)cc1)N1CCCC1. The highest BCUT2D eigenvalue weighted by atomic mass is 19.3. The molecular formula is C16H20F2N2O. The minimum Gasteiger partial charge on any atom is -0.435 e. The molecule has 1 aromatic rings. The molecule has 0 aliphatic carbocycles. The third-order valence-electron chi connectivity index (χ3n) is 4.09. The number of nitriles is 1. The van der Waals surface area contributed by atoms with Gasteiger partial charge in [0.2, 0.25) is 0 Å². The summed E-state index contributed by atoms with van der Waals surface area (Å²) in [7, 11) is 0. The topological polar surface area (TPSA) is 36.3 Å². The molecule has 0 radical (unpaired) electrons. The zero-order chi connectivity index (χ0) is 15.3. The van der Waals surface area contributed by atoms with Gasteiger partial charge in [0, 0.05) is 0 Å². The second-order valence-electron chi connectivity index (χ2n) is 5.60. The Kier molecular flexibility index (Phi) is 5.13. The molecule has 1 atom stereocenters. The van der Waals surface area contributed by atoms with Crippen molar-refractivity contribution in [3.63, 3.8) is 0 Å². The van der Waals surface area contributed by atoms with Crippen LogP contribution in [-0.2, 0) is 6.42 Å². The van der Waals surface area contributed by atoms with Crippen LogP contribution in [0.4, 0.5) is 8.78 Å². The number of rotatable bonds is 6. The number of halogens is 2. The van der Waals surface area contributed by atoms with Crippen molar-refractivity contribution in [2.45, 2.75) is 44.8 Å². The maximum Gasteiger partial charge on any atom is 0.387 e. The third kappa shape index (κ3) is 4.15. The average molecular weight is 294 g/mol. The van der Waals surface area contributed by atoms with Crippen LogP contribution in [-0.4, -0.2) is 30.1 Å². The van der Waals surface area contributed by atoms with E-state index in [0.717, 1.165) is 44.3 Å². The van der Waals surface area contributed by atoms with Gasteiger partial charge in [0.1, 0.15) is 11.3 Å². The summed E-state index contributed by atoms with van der Waals surface area (Å²) >= 11 is 0. The molecule has 1 saturated heterocycles. The van der Waals surface area contributed by atoms with Crippen molar-refractivity contribution in [3.05, 3.63) is 29.8 Å². The first-order chi connectivity index (χ1) is 10.0. The Bertz CT molecular complexity index is 492. The maximum atomic E-state index is 12.1. The molecule has 21 heavy (non-hydrogen) atoms. The van der Waals surface area contributed by atoms with Crippen LogP contribution < -0.4 is 4.74 Å². The van der Waals surface area contributed by atoms with Gasteiger partial charge in [-0.3, -0.25) is 4.90 Å². The monoisotopic (exact) mass is 294 g/mol. The van der Waals surface area contributed by atoms with Crippen LogP contribution >= 0.6 is 0 Å². The Hall–Kier alpha value is -1.67. The van der Waals surface area contributed by atoms with Crippen molar-refractivity contribution in [2.24, 2.45) is 0 Å². The molecule has 0 saturated carbocycles. The van der Waals surface area contributed by atoms with Crippen LogP contribution in [0.5, 0.6) is 5.75 Å². The van der Waals surface area contributed by atoms with Crippen molar-refractivity contribution in [2.75, 3.05) is 13.1 Å². The summed E-state index contributed by atoms with van der Waals surface area (Å²) in [5.74, 6) is 0.163. The first-order valence-electron chi connectivity index (χ1n) is 7.23. The summed E-state index contributed by atoms with van der Waals surface area (Å²) in [5.41, 5.74) is 0.576. The van der Waals surface area contributed by atoms with Crippen molar-refractivity contribution in [1.82, 2.24) is 4.90 Å². The van der Waals surface area contributed by atoms with E-state index in [9.17, 15) is 14.0 Å². The summed E-state index contributed by atoms with van der Waals surface area (Å²) in [5, 5.41) is 9.47. The number of alkyl halides is 2. The second-order valence-corrected chi connectivity index (χ2v) is 5.60. The van der Waals surface area contributed by atoms with Crippen molar-refractivity contribution in [3.8, 4) is 11.8 Å². The summed E-state index contributed by atoms with van der Waals surface area (Å²) in [6.07, 6.45) is 3.78. The van der Waals surface area contributed by atoms with E-state index in [1.165, 1.54) is 0 Å². The van der Waals surface area contributed by atoms with E-state index in [2.05, 4.69) is 15.7 Å². The Balaban J connectivity index is 1.93. The maximum absolute atomic E-state index is 12.1. The third-order valence-corrected chi connectivity index (χ3v) is 4.09. The lowest BCUT2D eigenvalue weighted by Gasteiger charge is -2.32. The quantitative estimate of drug-likeness (QED) is 0.804. The first kappa shape index (κ1) is 15.7. The molecule has 1 aliphatic heterocycles. The highest BCUT2D eigenvalue weighted by molar-refractivity contribution is 5.27. The summed E-state index contributed by atoms with van der Waals surface area (Å²) in [4.78, 5) is 2.24. The molecule has 3 nitrogen and oxygen atoms in total. The average Bonchev–Trinajstić information content (AvgIpc) is 3.00. The Morgan fingerprint density at radius 2 is 1.90 bits per heavy atom. The van der Waals surface area contributed by atoms with E-state index in [1.807, 2.05) is 6.92 Å². The number of hydrogen-bond donors (Lipinski definition) is 0. The zero-order valence-electron chi connectivity index (χ0n) is 12.2. The van der Waals surface area contributed by atoms with Crippen LogP contribution in [0.15, 0.2) is 24.3 Å². The molecule has 0 N–H and O–H groups in total. The number of likely N-dealkylation sites (tertiary alicyclic amines) is 1. The number of nitrogens with zero attached hydrogens (tertiary/aromatic N) is 2. The van der Waals surface area contributed by atoms with E-state index in [1.54, 1.807) is 24.3 Å². The van der Waals surface area contributed by atoms with E-state index >= 15 is 0 Å². The number of benzene rings is 1. The zero-order valence-corrected chi connectivity index (χ0v) is 12.2. The molecule has 2 rings (SSSR count). The van der Waals surface area contributed by atoms with Gasteiger partial charge in [0.05, 0.1) is 6.07 Å². The fraction of sp³-hybridized carbons (Fsp3) is 0.562. The molecule has 0 aromatic heterocycles. The Morgan fingerprint density at radius 3 is 2.43 bits per heavy atom. The first-order valence-corrected chi connectivity index (χ1v) is 7.23. The summed E-state index contributed by atoms with van der Waals surface area (Å²) < 4.78 is 28.5. The van der Waals surface area contributed by atoms with Crippen LogP contribution in [0.1, 0.15) is 31.7 Å². The van der Waals surface area contributed by atoms with Gasteiger partial charge in [0.25, 0.3) is 0 Å². The van der Waals surface area contributed by atoms with E-state index in [-0.39, 0.29) is 5.75 Å². The molecule has 1 aromatic carbocycles. The van der Waals surface area contributed by atoms with Gasteiger partial charge in [-0.2, -0.15) is 14.0 Å². The normalized spacial score (nSPS) is 18.4. The Morgan fingerprint density at radius 1 is 1.29 bits per heavy atom. The molecule has 114 valence electrons. The number of ether oxygens (including phenoxy) is 1. The number of aryl methyl sites for hydroxylation is 1. The molecule has 1 unspecified atom stereocenters. The molecule has 5 heteroatoms. The predicted octanol–water partition coefficient (Wildman–Crippen LogP) is 3.60. The van der Waals surface area contributed by atoms with Crippen LogP contribution in [0.2, 0.25) is 0 Å². The lowest BCUT2D eigenvalue weighted by atomic mass is 9.93. The van der Waals surface area contributed by atoms with E-state index in [4.69, 9.17) is 0 Å². The lowest BCUT2D eigenvalue weighted by molar-refractivity contribution is -0.0498. The van der Waals surface area contributed by atoms with Gasteiger partial charge in [-0.05, 0) is 63.4 Å². The lowest BCUT2D eigenvalue weighted by Crippen LogP contribution is -2.43. The molecule has 0 bridgehead atoms. The van der Waals surface area contributed by atoms with Gasteiger partial charge in [-0.1, -0.05) is 12.1 Å². The predicted molar refractivity (Wildman–Crippen MR) is 76.2 cm³/mol. The van der Waals surface area contributed by atoms with Crippen molar-refractivity contribution >= 4 is 0 Å². The fourth-order valence-electron chi connectivity index (χ4n) is 2.72. The highest BCUT2D eigenvalue weighted by Crippen LogP contribution is 2.26. The Labute approximate surface area is 124 Å². The van der Waals surface area contributed by atoms with Crippen LogP contribution in [0, 0.1) is 11.3 Å². The van der Waals surface area contributed by atoms with Gasteiger partial charge in [0.15, 0.2) is 0 Å². The van der Waals surface area contributed by atoms with Gasteiger partial charge in [-0.15, -0.1) is 0 Å². The number of hydrogen-bond acceptors (Lipinski definition) is 3. The molecule has 1 aliphatic rings. The standard InChI is InChI=1S/C16H20F2N2O/c1-16(12-19,20-10-2-3-11-20)9-8-13-4-6-14(7-5-13)21-15(17)18/h4-7,15H,2-3,8-11H2,1H3. The van der Waals surface area contributed by atoms with Crippen molar-refractivity contribution < 1.29 is 13.5 Å². The van der Waals surface area contributed by atoms with Crippen molar-refractivity contribution in [1.29, 1.82) is 5.26 Å². The van der Waals surface area contributed by atoms with Gasteiger partial charge >= 0.3 is 6.61 Å². The molecular weight excluding hydrogens is 274 g/mol. The van der Waals surface area contributed by atoms with Gasteiger partial charge < -0.3 is 4.74 Å². The molecule has 0 spiro atoms. The highest BCUT2D eigenvalue weighted by Gasteiger charge is 2.33. The molecule has 1 fully saturated rings. The smallest absolute Gasteiger partial charge is 0.387 e. The van der Waals surface area contributed by atoms with E-state index < -0.39 is 12.2 Å². The summed E-state index contributed by atoms with van der Waals surface area (Å²) in [6.45, 7) is 1.14. The molecule has 0 amide bonds. The molecule has 1 heterocycles. The fourth-order valence-corrected chi connectivity index (χ4v) is 2.72. The van der Waals surface area contributed by atoms with Gasteiger partial charge in [-0.25, -0.2) is 0 Å². The van der Waals surface area contributed by atoms with E-state index in [0.29, 0.717) is 0 Å². The minimum absolute atomic E-state index is 0.163. The second kappa shape index (κ2) is 6.86. The minimum atomic E-state index is -2.80. The summed E-state index contributed by atoms with van der Waals surface area (Å²) in [6, 6.07) is 9.07. The van der Waals surface area contributed by atoms with Crippen LogP contribution in [0.25, 0.3) is 0 Å².